The Morgan fingerprint density at radius 2 is 1.64 bits per heavy atom. The van der Waals surface area contributed by atoms with E-state index in [4.69, 9.17) is 4.74 Å². The Kier molecular flexibility index (Phi) is 6.82. The summed E-state index contributed by atoms with van der Waals surface area (Å²) >= 11 is 0. The van der Waals surface area contributed by atoms with Crippen molar-refractivity contribution in [3.05, 3.63) is 70.5 Å². The van der Waals surface area contributed by atoms with Gasteiger partial charge in [0.05, 0.1) is 6.61 Å². The van der Waals surface area contributed by atoms with E-state index in [1.165, 1.54) is 13.2 Å². The standard InChI is InChI=1S/C18H20F3N3O/c1-22-18(24-10-13-8-15(19)4-6-16(13)20)23-9-12-3-5-17(21)14(7-12)11-25-2/h3-8H,9-11H2,1-2H3,(H2,22,23,24). The number of nitrogens with zero attached hydrogens (tertiary/aromatic N) is 1. The van der Waals surface area contributed by atoms with E-state index in [2.05, 4.69) is 15.6 Å². The summed E-state index contributed by atoms with van der Waals surface area (Å²) in [5.41, 5.74) is 1.51. The van der Waals surface area contributed by atoms with Gasteiger partial charge in [-0.15, -0.1) is 0 Å². The molecule has 4 nitrogen and oxygen atoms in total. The first-order valence-electron chi connectivity index (χ1n) is 7.68. The van der Waals surface area contributed by atoms with Crippen LogP contribution in [0.15, 0.2) is 41.4 Å². The monoisotopic (exact) mass is 351 g/mol. The number of aliphatic imine (C=N–C) groups is 1. The van der Waals surface area contributed by atoms with Crippen molar-refractivity contribution in [2.24, 2.45) is 4.99 Å². The molecule has 0 aliphatic carbocycles. The Morgan fingerprint density at radius 1 is 0.960 bits per heavy atom. The number of nitrogens with one attached hydrogen (secondary N) is 2. The molecule has 0 saturated heterocycles. The summed E-state index contributed by atoms with van der Waals surface area (Å²) in [7, 11) is 3.07. The molecular weight excluding hydrogens is 331 g/mol. The van der Waals surface area contributed by atoms with Gasteiger partial charge in [0, 0.05) is 38.4 Å². The first-order valence-corrected chi connectivity index (χ1v) is 7.68. The molecule has 0 aliphatic rings. The predicted molar refractivity (Wildman–Crippen MR) is 90.5 cm³/mol. The molecule has 0 radical (unpaired) electrons. The van der Waals surface area contributed by atoms with Crippen molar-refractivity contribution in [3.63, 3.8) is 0 Å². The Bertz CT molecular complexity index is 750. The van der Waals surface area contributed by atoms with Gasteiger partial charge in [0.2, 0.25) is 0 Å². The van der Waals surface area contributed by atoms with E-state index in [1.54, 1.807) is 19.2 Å². The molecule has 2 aromatic carbocycles. The van der Waals surface area contributed by atoms with Crippen molar-refractivity contribution < 1.29 is 17.9 Å². The lowest BCUT2D eigenvalue weighted by Crippen LogP contribution is -2.36. The van der Waals surface area contributed by atoms with E-state index < -0.39 is 11.6 Å². The third-order valence-electron chi connectivity index (χ3n) is 3.55. The largest absolute Gasteiger partial charge is 0.380 e. The zero-order chi connectivity index (χ0) is 18.2. The lowest BCUT2D eigenvalue weighted by Gasteiger charge is -2.13. The predicted octanol–water partition coefficient (Wildman–Crippen LogP) is 3.12. The minimum atomic E-state index is -0.502. The fraction of sp³-hybridized carbons (Fsp3) is 0.278. The lowest BCUT2D eigenvalue weighted by molar-refractivity contribution is 0.181. The molecule has 0 spiro atoms. The van der Waals surface area contributed by atoms with Crippen LogP contribution in [0.25, 0.3) is 0 Å². The van der Waals surface area contributed by atoms with Gasteiger partial charge in [-0.2, -0.15) is 0 Å². The Balaban J connectivity index is 1.94. The van der Waals surface area contributed by atoms with Crippen molar-refractivity contribution in [3.8, 4) is 0 Å². The number of rotatable bonds is 6. The van der Waals surface area contributed by atoms with E-state index in [0.29, 0.717) is 18.1 Å². The normalized spacial score (nSPS) is 11.5. The van der Waals surface area contributed by atoms with Gasteiger partial charge in [-0.1, -0.05) is 6.07 Å². The maximum absolute atomic E-state index is 13.6. The molecule has 2 aromatic rings. The zero-order valence-electron chi connectivity index (χ0n) is 14.1. The molecule has 0 bridgehead atoms. The van der Waals surface area contributed by atoms with E-state index >= 15 is 0 Å². The number of guanidine groups is 1. The summed E-state index contributed by atoms with van der Waals surface area (Å²) in [6.07, 6.45) is 0. The number of hydrogen-bond donors (Lipinski definition) is 2. The second kappa shape index (κ2) is 9.08. The second-order valence-corrected chi connectivity index (χ2v) is 5.37. The Hall–Kier alpha value is -2.54. The molecule has 0 aromatic heterocycles. The maximum Gasteiger partial charge on any atom is 0.191 e. The van der Waals surface area contributed by atoms with Crippen molar-refractivity contribution in [1.29, 1.82) is 0 Å². The summed E-state index contributed by atoms with van der Waals surface area (Å²) in [5.74, 6) is -0.902. The van der Waals surface area contributed by atoms with Crippen LogP contribution < -0.4 is 10.6 Å². The Labute approximate surface area is 144 Å². The third kappa shape index (κ3) is 5.49. The maximum atomic E-state index is 13.6. The molecule has 0 saturated carbocycles. The van der Waals surface area contributed by atoms with Crippen molar-refractivity contribution in [2.45, 2.75) is 19.7 Å². The van der Waals surface area contributed by atoms with Crippen LogP contribution in [0.2, 0.25) is 0 Å². The number of hydrogen-bond acceptors (Lipinski definition) is 2. The van der Waals surface area contributed by atoms with Gasteiger partial charge >= 0.3 is 0 Å². The Morgan fingerprint density at radius 3 is 2.36 bits per heavy atom. The van der Waals surface area contributed by atoms with Crippen LogP contribution in [0.1, 0.15) is 16.7 Å². The highest BCUT2D eigenvalue weighted by molar-refractivity contribution is 5.79. The van der Waals surface area contributed by atoms with Gasteiger partial charge < -0.3 is 15.4 Å². The molecule has 0 unspecified atom stereocenters. The summed E-state index contributed by atoms with van der Waals surface area (Å²) in [6, 6.07) is 8.01. The van der Waals surface area contributed by atoms with E-state index in [-0.39, 0.29) is 24.5 Å². The van der Waals surface area contributed by atoms with Crippen molar-refractivity contribution in [1.82, 2.24) is 10.6 Å². The number of benzene rings is 2. The molecule has 0 aliphatic heterocycles. The van der Waals surface area contributed by atoms with E-state index in [1.807, 2.05) is 0 Å². The third-order valence-corrected chi connectivity index (χ3v) is 3.55. The quantitative estimate of drug-likeness (QED) is 0.621. The molecule has 134 valence electrons. The highest BCUT2D eigenvalue weighted by Crippen LogP contribution is 2.12. The summed E-state index contributed by atoms with van der Waals surface area (Å²) in [6.45, 7) is 0.662. The highest BCUT2D eigenvalue weighted by Gasteiger charge is 2.07. The van der Waals surface area contributed by atoms with E-state index in [0.717, 1.165) is 23.8 Å². The zero-order valence-corrected chi connectivity index (χ0v) is 14.1. The fourth-order valence-corrected chi connectivity index (χ4v) is 2.27. The smallest absolute Gasteiger partial charge is 0.191 e. The minimum absolute atomic E-state index is 0.0849. The van der Waals surface area contributed by atoms with Gasteiger partial charge in [-0.25, -0.2) is 13.2 Å². The van der Waals surface area contributed by atoms with Gasteiger partial charge in [0.1, 0.15) is 17.5 Å². The van der Waals surface area contributed by atoms with Crippen LogP contribution in [0.4, 0.5) is 13.2 Å². The van der Waals surface area contributed by atoms with Gasteiger partial charge in [0.25, 0.3) is 0 Å². The molecule has 25 heavy (non-hydrogen) atoms. The van der Waals surface area contributed by atoms with Crippen LogP contribution in [-0.2, 0) is 24.4 Å². The second-order valence-electron chi connectivity index (χ2n) is 5.37. The van der Waals surface area contributed by atoms with E-state index in [9.17, 15) is 13.2 Å². The average Bonchev–Trinajstić information content (AvgIpc) is 2.60. The lowest BCUT2D eigenvalue weighted by atomic mass is 10.1. The topological polar surface area (TPSA) is 45.7 Å². The van der Waals surface area contributed by atoms with Gasteiger partial charge in [0.15, 0.2) is 5.96 Å². The van der Waals surface area contributed by atoms with Crippen LogP contribution in [0.5, 0.6) is 0 Å². The van der Waals surface area contributed by atoms with Crippen LogP contribution in [0, 0.1) is 17.5 Å². The summed E-state index contributed by atoms with van der Waals surface area (Å²) in [5, 5.41) is 5.95. The van der Waals surface area contributed by atoms with Crippen molar-refractivity contribution >= 4 is 5.96 Å². The highest BCUT2D eigenvalue weighted by atomic mass is 19.1. The molecule has 0 atom stereocenters. The molecule has 7 heteroatoms. The molecule has 2 N–H and O–H groups in total. The molecular formula is C18H20F3N3O. The fourth-order valence-electron chi connectivity index (χ4n) is 2.27. The van der Waals surface area contributed by atoms with Gasteiger partial charge in [-0.05, 0) is 35.9 Å². The number of halogens is 3. The first-order chi connectivity index (χ1) is 12.0. The molecule has 0 heterocycles. The average molecular weight is 351 g/mol. The summed E-state index contributed by atoms with van der Waals surface area (Å²) < 4.78 is 45.3. The van der Waals surface area contributed by atoms with Crippen LogP contribution >= 0.6 is 0 Å². The SMILES string of the molecule is CN=C(NCc1ccc(F)c(COC)c1)NCc1cc(F)ccc1F. The molecule has 2 rings (SSSR count). The molecule has 0 fully saturated rings. The molecule has 0 amide bonds. The van der Waals surface area contributed by atoms with Crippen molar-refractivity contribution in [2.75, 3.05) is 14.2 Å². The number of ether oxygens (including phenoxy) is 1. The minimum Gasteiger partial charge on any atom is -0.380 e. The first kappa shape index (κ1) is 18.8. The summed E-state index contributed by atoms with van der Waals surface area (Å²) in [4.78, 5) is 4.03. The van der Waals surface area contributed by atoms with Gasteiger partial charge in [-0.3, -0.25) is 4.99 Å². The van der Waals surface area contributed by atoms with Crippen LogP contribution in [-0.4, -0.2) is 20.1 Å². The van der Waals surface area contributed by atoms with Crippen LogP contribution in [0.3, 0.4) is 0 Å². The number of methoxy groups -OCH3 is 1.